The number of allylic oxidation sites excluding steroid dienone is 1. The molecule has 0 unspecified atom stereocenters. The van der Waals surface area contributed by atoms with Gasteiger partial charge in [-0.05, 0) is 36.4 Å². The van der Waals surface area contributed by atoms with E-state index in [1.165, 1.54) is 18.2 Å². The molecule has 0 bridgehead atoms. The molecule has 0 saturated heterocycles. The summed E-state index contributed by atoms with van der Waals surface area (Å²) < 4.78 is 12.9. The van der Waals surface area contributed by atoms with Crippen molar-refractivity contribution in [3.63, 3.8) is 0 Å². The average Bonchev–Trinajstić information content (AvgIpc) is 2.79. The summed E-state index contributed by atoms with van der Waals surface area (Å²) in [6.07, 6.45) is 3.42. The van der Waals surface area contributed by atoms with Crippen LogP contribution in [0.3, 0.4) is 0 Å². The molecule has 0 radical (unpaired) electrons. The van der Waals surface area contributed by atoms with E-state index >= 15 is 0 Å². The number of nitriles is 1. The number of benzene rings is 1. The number of hydrogen-bond donors (Lipinski definition) is 1. The van der Waals surface area contributed by atoms with Gasteiger partial charge in [-0.2, -0.15) is 5.26 Å². The van der Waals surface area contributed by atoms with E-state index in [1.807, 2.05) is 12.1 Å². The second kappa shape index (κ2) is 4.86. The van der Waals surface area contributed by atoms with Crippen LogP contribution >= 0.6 is 11.6 Å². The summed E-state index contributed by atoms with van der Waals surface area (Å²) in [6, 6.07) is 9.67. The van der Waals surface area contributed by atoms with Gasteiger partial charge in [-0.15, -0.1) is 0 Å². The average molecular weight is 247 g/mol. The zero-order chi connectivity index (χ0) is 12.3. The maximum atomic E-state index is 12.9. The zero-order valence-electron chi connectivity index (χ0n) is 8.74. The van der Waals surface area contributed by atoms with Crippen LogP contribution in [0.5, 0.6) is 0 Å². The highest BCUT2D eigenvalue weighted by molar-refractivity contribution is 6.32. The fourth-order valence-corrected chi connectivity index (χ4v) is 1.74. The Morgan fingerprint density at radius 2 is 2.24 bits per heavy atom. The number of halogens is 2. The second-order valence-electron chi connectivity index (χ2n) is 3.42. The first kappa shape index (κ1) is 11.4. The van der Waals surface area contributed by atoms with Crippen molar-refractivity contribution < 1.29 is 4.39 Å². The second-order valence-corrected chi connectivity index (χ2v) is 3.83. The van der Waals surface area contributed by atoms with Crippen molar-refractivity contribution in [3.05, 3.63) is 58.6 Å². The van der Waals surface area contributed by atoms with E-state index in [9.17, 15) is 4.39 Å². The third kappa shape index (κ3) is 2.55. The SMILES string of the molecule is N#C/C(=C\c1ccc[nH]1)c1ccc(F)cc1Cl. The van der Waals surface area contributed by atoms with Gasteiger partial charge in [0.2, 0.25) is 0 Å². The summed E-state index contributed by atoms with van der Waals surface area (Å²) in [5.41, 5.74) is 1.70. The van der Waals surface area contributed by atoms with Crippen LogP contribution in [0.25, 0.3) is 11.6 Å². The molecule has 4 heteroatoms. The molecule has 17 heavy (non-hydrogen) atoms. The topological polar surface area (TPSA) is 39.6 Å². The molecule has 0 aliphatic carbocycles. The van der Waals surface area contributed by atoms with Crippen LogP contribution in [0.1, 0.15) is 11.3 Å². The predicted octanol–water partition coefficient (Wildman–Crippen LogP) is 3.87. The van der Waals surface area contributed by atoms with E-state index in [-0.39, 0.29) is 5.02 Å². The van der Waals surface area contributed by atoms with Gasteiger partial charge in [0, 0.05) is 17.5 Å². The largest absolute Gasteiger partial charge is 0.362 e. The molecule has 1 aromatic heterocycles. The van der Waals surface area contributed by atoms with Gasteiger partial charge in [0.1, 0.15) is 5.82 Å². The molecule has 0 amide bonds. The van der Waals surface area contributed by atoms with Crippen molar-refractivity contribution in [1.29, 1.82) is 5.26 Å². The molecule has 0 aliphatic heterocycles. The third-order valence-corrected chi connectivity index (χ3v) is 2.58. The highest BCUT2D eigenvalue weighted by atomic mass is 35.5. The van der Waals surface area contributed by atoms with Gasteiger partial charge in [-0.1, -0.05) is 11.6 Å². The number of nitrogens with one attached hydrogen (secondary N) is 1. The molecular weight excluding hydrogens is 239 g/mol. The Labute approximate surface area is 103 Å². The van der Waals surface area contributed by atoms with Crippen LogP contribution in [0.4, 0.5) is 4.39 Å². The number of H-pyrrole nitrogens is 1. The van der Waals surface area contributed by atoms with E-state index in [1.54, 1.807) is 12.3 Å². The van der Waals surface area contributed by atoms with Crippen molar-refractivity contribution in [2.24, 2.45) is 0 Å². The van der Waals surface area contributed by atoms with Gasteiger partial charge >= 0.3 is 0 Å². The summed E-state index contributed by atoms with van der Waals surface area (Å²) in [6.45, 7) is 0. The smallest absolute Gasteiger partial charge is 0.124 e. The van der Waals surface area contributed by atoms with Gasteiger partial charge in [-0.25, -0.2) is 4.39 Å². The molecular formula is C13H8ClFN2. The molecule has 84 valence electrons. The summed E-state index contributed by atoms with van der Waals surface area (Å²) in [5, 5.41) is 9.31. The van der Waals surface area contributed by atoms with E-state index in [2.05, 4.69) is 11.1 Å². The number of aromatic amines is 1. The van der Waals surface area contributed by atoms with Gasteiger partial charge in [0.15, 0.2) is 0 Å². The number of aromatic nitrogens is 1. The highest BCUT2D eigenvalue weighted by Crippen LogP contribution is 2.25. The number of hydrogen-bond acceptors (Lipinski definition) is 1. The van der Waals surface area contributed by atoms with Crippen molar-refractivity contribution in [1.82, 2.24) is 4.98 Å². The lowest BCUT2D eigenvalue weighted by Gasteiger charge is -2.02. The summed E-state index contributed by atoms with van der Waals surface area (Å²) in [5.74, 6) is -0.420. The molecule has 1 heterocycles. The maximum Gasteiger partial charge on any atom is 0.124 e. The fraction of sp³-hybridized carbons (Fsp3) is 0. The minimum absolute atomic E-state index is 0.226. The lowest BCUT2D eigenvalue weighted by Crippen LogP contribution is -1.85. The molecule has 2 nitrogen and oxygen atoms in total. The lowest BCUT2D eigenvalue weighted by molar-refractivity contribution is 0.628. The lowest BCUT2D eigenvalue weighted by atomic mass is 10.1. The normalized spacial score (nSPS) is 11.2. The van der Waals surface area contributed by atoms with Crippen molar-refractivity contribution in [3.8, 4) is 6.07 Å². The molecule has 0 aliphatic rings. The first-order chi connectivity index (χ1) is 8.20. The van der Waals surface area contributed by atoms with E-state index in [4.69, 9.17) is 16.9 Å². The summed E-state index contributed by atoms with van der Waals surface area (Å²) in [7, 11) is 0. The monoisotopic (exact) mass is 246 g/mol. The molecule has 2 rings (SSSR count). The Morgan fingerprint density at radius 3 is 2.82 bits per heavy atom. The zero-order valence-corrected chi connectivity index (χ0v) is 9.50. The number of nitrogens with zero attached hydrogens (tertiary/aromatic N) is 1. The van der Waals surface area contributed by atoms with Crippen molar-refractivity contribution in [2.75, 3.05) is 0 Å². The van der Waals surface area contributed by atoms with Crippen molar-refractivity contribution >= 4 is 23.3 Å². The van der Waals surface area contributed by atoms with Gasteiger partial charge < -0.3 is 4.98 Å². The summed E-state index contributed by atoms with van der Waals surface area (Å²) >= 11 is 5.90. The van der Waals surface area contributed by atoms with Crippen LogP contribution < -0.4 is 0 Å². The van der Waals surface area contributed by atoms with Crippen LogP contribution in [0, 0.1) is 17.1 Å². The standard InChI is InChI=1S/C13H8ClFN2/c14-13-7-10(15)3-4-12(13)9(8-16)6-11-2-1-5-17-11/h1-7,17H/b9-6+. The van der Waals surface area contributed by atoms with Crippen LogP contribution in [-0.2, 0) is 0 Å². The summed E-state index contributed by atoms with van der Waals surface area (Å²) in [4.78, 5) is 2.96. The first-order valence-electron chi connectivity index (χ1n) is 4.91. The van der Waals surface area contributed by atoms with E-state index in [0.29, 0.717) is 11.1 Å². The van der Waals surface area contributed by atoms with Crippen LogP contribution in [0.15, 0.2) is 36.5 Å². The van der Waals surface area contributed by atoms with Crippen LogP contribution in [-0.4, -0.2) is 4.98 Å². The van der Waals surface area contributed by atoms with E-state index in [0.717, 1.165) is 5.69 Å². The van der Waals surface area contributed by atoms with Gasteiger partial charge in [0.05, 0.1) is 16.7 Å². The minimum Gasteiger partial charge on any atom is -0.362 e. The first-order valence-corrected chi connectivity index (χ1v) is 5.29. The third-order valence-electron chi connectivity index (χ3n) is 2.26. The molecule has 0 fully saturated rings. The van der Waals surface area contributed by atoms with E-state index < -0.39 is 5.82 Å². The van der Waals surface area contributed by atoms with Crippen molar-refractivity contribution in [2.45, 2.75) is 0 Å². The molecule has 2 aromatic rings. The highest BCUT2D eigenvalue weighted by Gasteiger charge is 2.07. The molecule has 0 atom stereocenters. The Morgan fingerprint density at radius 1 is 1.41 bits per heavy atom. The minimum atomic E-state index is -0.420. The maximum absolute atomic E-state index is 12.9. The molecule has 1 N–H and O–H groups in total. The Hall–Kier alpha value is -2.05. The fourth-order valence-electron chi connectivity index (χ4n) is 1.47. The van der Waals surface area contributed by atoms with Gasteiger partial charge in [0.25, 0.3) is 0 Å². The number of rotatable bonds is 2. The Bertz CT molecular complexity index is 594. The predicted molar refractivity (Wildman–Crippen MR) is 65.7 cm³/mol. The Kier molecular flexibility index (Phi) is 3.27. The Balaban J connectivity index is 2.47. The quantitative estimate of drug-likeness (QED) is 0.803. The van der Waals surface area contributed by atoms with Gasteiger partial charge in [-0.3, -0.25) is 0 Å². The molecule has 0 spiro atoms. The molecule has 1 aromatic carbocycles. The molecule has 0 saturated carbocycles. The van der Waals surface area contributed by atoms with Crippen LogP contribution in [0.2, 0.25) is 5.02 Å².